The molecule has 2 aromatic carbocycles. The number of hydrogen-bond donors (Lipinski definition) is 2. The van der Waals surface area contributed by atoms with Crippen molar-refractivity contribution in [3.8, 4) is 17.1 Å². The number of thioether (sulfide) groups is 1. The van der Waals surface area contributed by atoms with Crippen molar-refractivity contribution in [2.75, 3.05) is 17.6 Å². The fourth-order valence-corrected chi connectivity index (χ4v) is 4.36. The van der Waals surface area contributed by atoms with Crippen molar-refractivity contribution in [3.05, 3.63) is 84.2 Å². The number of benzene rings is 2. The average Bonchev–Trinajstić information content (AvgIpc) is 3.31. The van der Waals surface area contributed by atoms with Crippen molar-refractivity contribution in [2.24, 2.45) is 0 Å². The molecule has 0 aliphatic carbocycles. The van der Waals surface area contributed by atoms with Crippen molar-refractivity contribution in [2.45, 2.75) is 25.4 Å². The number of carbonyl (C=O) groups excluding carboxylic acids is 2. The molecule has 0 saturated carbocycles. The summed E-state index contributed by atoms with van der Waals surface area (Å²) < 4.78 is 1.93. The molecule has 0 saturated heterocycles. The Morgan fingerprint density at radius 1 is 0.971 bits per heavy atom. The molecule has 0 radical (unpaired) electrons. The topological polar surface area (TPSA) is 102 Å². The highest BCUT2D eigenvalue weighted by molar-refractivity contribution is 7.99. The lowest BCUT2D eigenvalue weighted by Crippen LogP contribution is -2.34. The molecule has 2 aromatic heterocycles. The maximum atomic E-state index is 12.5. The van der Waals surface area contributed by atoms with Crippen LogP contribution in [0.1, 0.15) is 18.1 Å². The van der Waals surface area contributed by atoms with Gasteiger partial charge in [-0.15, -0.1) is 10.2 Å². The first-order chi connectivity index (χ1) is 17.1. The maximum Gasteiger partial charge on any atom is 0.243 e. The van der Waals surface area contributed by atoms with Crippen molar-refractivity contribution in [1.29, 1.82) is 0 Å². The van der Waals surface area contributed by atoms with Crippen LogP contribution in [0.2, 0.25) is 0 Å². The van der Waals surface area contributed by atoms with E-state index in [1.807, 2.05) is 79.1 Å². The minimum atomic E-state index is -0.272. The van der Waals surface area contributed by atoms with E-state index in [0.29, 0.717) is 11.0 Å². The zero-order valence-electron chi connectivity index (χ0n) is 19.6. The number of para-hydroxylation sites is 2. The highest BCUT2D eigenvalue weighted by atomic mass is 32.2. The molecular weight excluding hydrogens is 460 g/mol. The quantitative estimate of drug-likeness (QED) is 0.346. The molecule has 9 heteroatoms. The number of aryl methyl sites for hydroxylation is 2. The lowest BCUT2D eigenvalue weighted by Gasteiger charge is -2.13. The van der Waals surface area contributed by atoms with Crippen LogP contribution in [0.4, 0.5) is 5.69 Å². The van der Waals surface area contributed by atoms with Crippen molar-refractivity contribution in [3.63, 3.8) is 0 Å². The van der Waals surface area contributed by atoms with E-state index in [-0.39, 0.29) is 24.1 Å². The molecule has 2 N–H and O–H groups in total. The van der Waals surface area contributed by atoms with Gasteiger partial charge in [-0.3, -0.25) is 19.1 Å². The molecule has 8 nitrogen and oxygen atoms in total. The molecule has 0 aliphatic heterocycles. The van der Waals surface area contributed by atoms with E-state index < -0.39 is 0 Å². The minimum Gasteiger partial charge on any atom is -0.346 e. The molecule has 178 valence electrons. The van der Waals surface area contributed by atoms with Crippen molar-refractivity contribution in [1.82, 2.24) is 25.1 Å². The van der Waals surface area contributed by atoms with Gasteiger partial charge in [0.25, 0.3) is 0 Å². The van der Waals surface area contributed by atoms with Gasteiger partial charge in [-0.05, 0) is 48.7 Å². The third-order valence-corrected chi connectivity index (χ3v) is 6.29. The Morgan fingerprint density at radius 3 is 2.54 bits per heavy atom. The number of hydrogen-bond acceptors (Lipinski definition) is 6. The first-order valence-corrected chi connectivity index (χ1v) is 12.2. The number of carbonyl (C=O) groups is 2. The third kappa shape index (κ3) is 5.93. The number of anilines is 1. The fraction of sp³-hybridized carbons (Fsp3) is 0.192. The van der Waals surface area contributed by atoms with Gasteiger partial charge < -0.3 is 10.6 Å². The Kier molecular flexibility index (Phi) is 7.89. The van der Waals surface area contributed by atoms with E-state index in [2.05, 4.69) is 25.8 Å². The molecule has 0 fully saturated rings. The molecule has 0 bridgehead atoms. The van der Waals surface area contributed by atoms with Crippen LogP contribution < -0.4 is 10.6 Å². The van der Waals surface area contributed by atoms with Crippen molar-refractivity contribution < 1.29 is 9.59 Å². The van der Waals surface area contributed by atoms with E-state index in [9.17, 15) is 9.59 Å². The molecule has 0 spiro atoms. The lowest BCUT2D eigenvalue weighted by atomic mass is 10.1. The van der Waals surface area contributed by atoms with Crippen LogP contribution in [0.5, 0.6) is 0 Å². The van der Waals surface area contributed by atoms with Crippen LogP contribution in [-0.4, -0.2) is 43.9 Å². The van der Waals surface area contributed by atoms with Crippen LogP contribution in [0.25, 0.3) is 17.1 Å². The summed E-state index contributed by atoms with van der Waals surface area (Å²) in [5, 5.41) is 14.8. The molecule has 0 aliphatic rings. The van der Waals surface area contributed by atoms with E-state index in [0.717, 1.165) is 34.5 Å². The number of nitrogens with zero attached hydrogens (tertiary/aromatic N) is 4. The normalized spacial score (nSPS) is 10.7. The zero-order valence-corrected chi connectivity index (χ0v) is 20.4. The smallest absolute Gasteiger partial charge is 0.243 e. The lowest BCUT2D eigenvalue weighted by molar-refractivity contribution is -0.122. The first-order valence-electron chi connectivity index (χ1n) is 11.3. The van der Waals surface area contributed by atoms with Crippen molar-refractivity contribution >= 4 is 29.3 Å². The number of pyridine rings is 1. The Morgan fingerprint density at radius 2 is 1.77 bits per heavy atom. The number of aromatic nitrogens is 4. The molecular formula is C26H26N6O2S. The van der Waals surface area contributed by atoms with Gasteiger partial charge in [0.2, 0.25) is 11.8 Å². The fourth-order valence-electron chi connectivity index (χ4n) is 3.58. The summed E-state index contributed by atoms with van der Waals surface area (Å²) in [6, 6.07) is 19.3. The van der Waals surface area contributed by atoms with E-state index >= 15 is 0 Å². The largest absolute Gasteiger partial charge is 0.346 e. The number of rotatable bonds is 9. The summed E-state index contributed by atoms with van der Waals surface area (Å²) in [6.45, 7) is 3.93. The Labute approximate surface area is 208 Å². The second-order valence-electron chi connectivity index (χ2n) is 7.79. The molecule has 35 heavy (non-hydrogen) atoms. The maximum absolute atomic E-state index is 12.5. The van der Waals surface area contributed by atoms with Gasteiger partial charge in [0.05, 0.1) is 18.0 Å². The highest BCUT2D eigenvalue weighted by Gasteiger charge is 2.19. The Balaban J connectivity index is 1.43. The average molecular weight is 487 g/mol. The summed E-state index contributed by atoms with van der Waals surface area (Å²) in [5.74, 6) is 0.197. The first kappa shape index (κ1) is 24.2. The zero-order chi connectivity index (χ0) is 24.6. The summed E-state index contributed by atoms with van der Waals surface area (Å²) in [6.07, 6.45) is 4.24. The molecule has 2 amide bonds. The Bertz CT molecular complexity index is 1320. The van der Waals surface area contributed by atoms with E-state index in [1.165, 1.54) is 11.8 Å². The van der Waals surface area contributed by atoms with Gasteiger partial charge >= 0.3 is 0 Å². The van der Waals surface area contributed by atoms with Crippen LogP contribution >= 0.6 is 11.8 Å². The van der Waals surface area contributed by atoms with Gasteiger partial charge in [-0.1, -0.05) is 55.1 Å². The van der Waals surface area contributed by atoms with Crippen LogP contribution in [0.3, 0.4) is 0 Å². The SMILES string of the molecule is CCc1ccccc1NC(=O)CNC(=O)CSc1nnc(-c2cccnc2)n1-c1ccccc1C. The predicted octanol–water partition coefficient (Wildman–Crippen LogP) is 4.05. The minimum absolute atomic E-state index is 0.0931. The number of nitrogens with one attached hydrogen (secondary N) is 2. The van der Waals surface area contributed by atoms with Gasteiger partial charge in [0, 0.05) is 23.6 Å². The van der Waals surface area contributed by atoms with Crippen LogP contribution in [0, 0.1) is 6.92 Å². The second kappa shape index (κ2) is 11.4. The Hall–Kier alpha value is -3.98. The summed E-state index contributed by atoms with van der Waals surface area (Å²) in [4.78, 5) is 29.0. The van der Waals surface area contributed by atoms with Crippen LogP contribution in [0.15, 0.2) is 78.2 Å². The summed E-state index contributed by atoms with van der Waals surface area (Å²) in [5.41, 5.74) is 4.60. The van der Waals surface area contributed by atoms with Gasteiger partial charge in [-0.25, -0.2) is 0 Å². The summed E-state index contributed by atoms with van der Waals surface area (Å²) in [7, 11) is 0. The number of amides is 2. The molecule has 0 unspecified atom stereocenters. The van der Waals surface area contributed by atoms with Crippen LogP contribution in [-0.2, 0) is 16.0 Å². The van der Waals surface area contributed by atoms with Gasteiger partial charge in [0.15, 0.2) is 11.0 Å². The standard InChI is InChI=1S/C26H26N6O2S/c1-3-19-10-5-6-12-21(19)29-23(33)16-28-24(34)17-35-26-31-30-25(20-11-8-14-27-15-20)32(26)22-13-7-4-9-18(22)2/h4-15H,3,16-17H2,1-2H3,(H,28,34)(H,29,33). The summed E-state index contributed by atoms with van der Waals surface area (Å²) >= 11 is 1.26. The molecule has 2 heterocycles. The third-order valence-electron chi connectivity index (χ3n) is 5.36. The molecule has 4 rings (SSSR count). The molecule has 0 atom stereocenters. The highest BCUT2D eigenvalue weighted by Crippen LogP contribution is 2.29. The van der Waals surface area contributed by atoms with E-state index in [1.54, 1.807) is 12.4 Å². The molecule has 4 aromatic rings. The predicted molar refractivity (Wildman–Crippen MR) is 138 cm³/mol. The van der Waals surface area contributed by atoms with Gasteiger partial charge in [-0.2, -0.15) is 0 Å². The van der Waals surface area contributed by atoms with E-state index in [4.69, 9.17) is 0 Å². The second-order valence-corrected chi connectivity index (χ2v) is 8.74. The monoisotopic (exact) mass is 486 g/mol. The van der Waals surface area contributed by atoms with Gasteiger partial charge in [0.1, 0.15) is 0 Å².